The molecule has 0 bridgehead atoms. The Hall–Kier alpha value is -2.96. The Morgan fingerprint density at radius 3 is 2.56 bits per heavy atom. The van der Waals surface area contributed by atoms with Crippen LogP contribution in [0.25, 0.3) is 16.4 Å². The number of amides is 1. The summed E-state index contributed by atoms with van der Waals surface area (Å²) in [5.41, 5.74) is 1.43. The summed E-state index contributed by atoms with van der Waals surface area (Å²) in [6.45, 7) is 4.77. The number of carbonyl (C=O) groups is 1. The fourth-order valence-corrected chi connectivity index (χ4v) is 4.86. The van der Waals surface area contributed by atoms with Crippen molar-refractivity contribution in [2.24, 2.45) is 5.92 Å². The molecule has 3 aromatic rings. The first-order valence-corrected chi connectivity index (χ1v) is 11.6. The summed E-state index contributed by atoms with van der Waals surface area (Å²) in [5.74, 6) is 1.52. The second-order valence-corrected chi connectivity index (χ2v) is 8.80. The molecule has 1 fully saturated rings. The van der Waals surface area contributed by atoms with Crippen LogP contribution in [0.1, 0.15) is 62.9 Å². The van der Waals surface area contributed by atoms with Crippen molar-refractivity contribution in [2.45, 2.75) is 65.0 Å². The van der Waals surface area contributed by atoms with Crippen molar-refractivity contribution >= 4 is 22.3 Å². The van der Waals surface area contributed by atoms with E-state index in [-0.39, 0.29) is 17.5 Å². The van der Waals surface area contributed by atoms with Crippen molar-refractivity contribution in [3.8, 4) is 11.5 Å². The maximum Gasteiger partial charge on any atom is 0.275 e. The molecule has 1 N–H and O–H groups in total. The summed E-state index contributed by atoms with van der Waals surface area (Å²) < 4.78 is 14.5. The number of benzene rings is 1. The summed E-state index contributed by atoms with van der Waals surface area (Å²) in [6.07, 6.45) is 7.96. The summed E-state index contributed by atoms with van der Waals surface area (Å²) in [5, 5.41) is 4.00. The van der Waals surface area contributed by atoms with Crippen molar-refractivity contribution in [2.75, 3.05) is 14.2 Å². The lowest BCUT2D eigenvalue weighted by atomic mass is 9.86. The fourth-order valence-electron chi connectivity index (χ4n) is 4.86. The van der Waals surface area contributed by atoms with E-state index in [1.807, 2.05) is 18.2 Å². The minimum absolute atomic E-state index is 0.137. The number of aromatic nitrogens is 2. The molecule has 0 radical (unpaired) electrons. The van der Waals surface area contributed by atoms with E-state index >= 15 is 0 Å². The standard InChI is InChI=1S/C25H33N3O4/c1-5-6-13-27-20(24(29)26-18-10-8-7-9-16(18)2)15-28-19(25(27)30)14-17-21(31-3)11-12-22(32-4)23(17)28/h11-12,14-16,18H,5-10,13H2,1-4H3,(H,26,29). The minimum atomic E-state index is -0.192. The maximum atomic E-state index is 13.6. The van der Waals surface area contributed by atoms with Gasteiger partial charge in [0.05, 0.1) is 19.7 Å². The second-order valence-electron chi connectivity index (χ2n) is 8.80. The normalized spacial score (nSPS) is 18.8. The molecule has 2 aromatic heterocycles. The number of hydrogen-bond donors (Lipinski definition) is 1. The second kappa shape index (κ2) is 9.27. The number of methoxy groups -OCH3 is 2. The van der Waals surface area contributed by atoms with Gasteiger partial charge in [-0.05, 0) is 43.4 Å². The Balaban J connectivity index is 1.91. The first-order chi connectivity index (χ1) is 15.5. The van der Waals surface area contributed by atoms with Crippen molar-refractivity contribution in [1.29, 1.82) is 0 Å². The number of rotatable bonds is 7. The largest absolute Gasteiger partial charge is 0.496 e. The van der Waals surface area contributed by atoms with Crippen LogP contribution in [0.2, 0.25) is 0 Å². The summed E-state index contributed by atoms with van der Waals surface area (Å²) in [4.78, 5) is 27.0. The van der Waals surface area contributed by atoms with Crippen LogP contribution in [-0.4, -0.2) is 35.1 Å². The van der Waals surface area contributed by atoms with Gasteiger partial charge in [-0.2, -0.15) is 0 Å². The Kier molecular flexibility index (Phi) is 6.44. The molecule has 0 saturated heterocycles. The third-order valence-electron chi connectivity index (χ3n) is 6.76. The van der Waals surface area contributed by atoms with Gasteiger partial charge in [0, 0.05) is 24.2 Å². The molecule has 1 aromatic carbocycles. The van der Waals surface area contributed by atoms with Gasteiger partial charge in [-0.15, -0.1) is 0 Å². The third-order valence-corrected chi connectivity index (χ3v) is 6.76. The van der Waals surface area contributed by atoms with Crippen LogP contribution >= 0.6 is 0 Å². The molecule has 2 heterocycles. The molecule has 4 rings (SSSR count). The Morgan fingerprint density at radius 1 is 1.16 bits per heavy atom. The summed E-state index contributed by atoms with van der Waals surface area (Å²) in [6, 6.07) is 5.61. The zero-order valence-corrected chi connectivity index (χ0v) is 19.4. The van der Waals surface area contributed by atoms with Gasteiger partial charge in [0.2, 0.25) is 0 Å². The zero-order valence-electron chi connectivity index (χ0n) is 19.4. The molecule has 2 atom stereocenters. The van der Waals surface area contributed by atoms with Crippen LogP contribution < -0.4 is 20.3 Å². The number of unbranched alkanes of at least 4 members (excludes halogenated alkanes) is 1. The number of carbonyl (C=O) groups excluding carboxylic acids is 1. The molecule has 1 aliphatic carbocycles. The predicted octanol–water partition coefficient (Wildman–Crippen LogP) is 4.38. The highest BCUT2D eigenvalue weighted by atomic mass is 16.5. The topological polar surface area (TPSA) is 74.0 Å². The van der Waals surface area contributed by atoms with Gasteiger partial charge in [0.25, 0.3) is 11.5 Å². The highest BCUT2D eigenvalue weighted by Gasteiger charge is 2.26. The van der Waals surface area contributed by atoms with Gasteiger partial charge < -0.3 is 23.8 Å². The van der Waals surface area contributed by atoms with Crippen molar-refractivity contribution in [3.05, 3.63) is 40.4 Å². The van der Waals surface area contributed by atoms with E-state index in [9.17, 15) is 9.59 Å². The molecule has 1 saturated carbocycles. The molecule has 7 heteroatoms. The Bertz CT molecular complexity index is 1190. The minimum Gasteiger partial charge on any atom is -0.496 e. The lowest BCUT2D eigenvalue weighted by Crippen LogP contribution is -2.43. The van der Waals surface area contributed by atoms with E-state index < -0.39 is 0 Å². The molecule has 1 aliphatic rings. The molecule has 0 aliphatic heterocycles. The lowest BCUT2D eigenvalue weighted by molar-refractivity contribution is 0.0898. The molecule has 172 valence electrons. The van der Waals surface area contributed by atoms with Crippen molar-refractivity contribution in [3.63, 3.8) is 0 Å². The maximum absolute atomic E-state index is 13.6. The van der Waals surface area contributed by atoms with Gasteiger partial charge in [0.1, 0.15) is 22.7 Å². The van der Waals surface area contributed by atoms with E-state index in [1.54, 1.807) is 29.4 Å². The predicted molar refractivity (Wildman–Crippen MR) is 126 cm³/mol. The van der Waals surface area contributed by atoms with Gasteiger partial charge in [-0.1, -0.05) is 33.1 Å². The number of nitrogens with zero attached hydrogens (tertiary/aromatic N) is 2. The Labute approximate surface area is 188 Å². The van der Waals surface area contributed by atoms with Crippen molar-refractivity contribution in [1.82, 2.24) is 14.3 Å². The molecule has 0 spiro atoms. The number of ether oxygens (including phenoxy) is 2. The average Bonchev–Trinajstić information content (AvgIpc) is 3.19. The van der Waals surface area contributed by atoms with E-state index in [0.717, 1.165) is 43.0 Å². The number of fused-ring (bicyclic) bond motifs is 3. The third kappa shape index (κ3) is 3.85. The van der Waals surface area contributed by atoms with Gasteiger partial charge >= 0.3 is 0 Å². The van der Waals surface area contributed by atoms with Crippen LogP contribution in [0, 0.1) is 5.92 Å². The monoisotopic (exact) mass is 439 g/mol. The molecular weight excluding hydrogens is 406 g/mol. The van der Waals surface area contributed by atoms with E-state index in [1.165, 1.54) is 6.42 Å². The molecule has 7 nitrogen and oxygen atoms in total. The lowest BCUT2D eigenvalue weighted by Gasteiger charge is -2.29. The molecule has 1 amide bonds. The Morgan fingerprint density at radius 2 is 1.88 bits per heavy atom. The van der Waals surface area contributed by atoms with Crippen LogP contribution in [0.4, 0.5) is 0 Å². The van der Waals surface area contributed by atoms with Crippen LogP contribution in [0.5, 0.6) is 11.5 Å². The molecule has 2 unspecified atom stereocenters. The first-order valence-electron chi connectivity index (χ1n) is 11.6. The average molecular weight is 440 g/mol. The summed E-state index contributed by atoms with van der Waals surface area (Å²) >= 11 is 0. The molecular formula is C25H33N3O4. The van der Waals surface area contributed by atoms with Gasteiger partial charge in [-0.3, -0.25) is 9.59 Å². The van der Waals surface area contributed by atoms with Gasteiger partial charge in [-0.25, -0.2) is 0 Å². The SMILES string of the molecule is CCCCn1c(C(=O)NC2CCCCC2C)cn2c(cc3c(OC)ccc(OC)c32)c1=O. The van der Waals surface area contributed by atoms with Crippen LogP contribution in [0.3, 0.4) is 0 Å². The highest BCUT2D eigenvalue weighted by molar-refractivity contribution is 5.98. The zero-order chi connectivity index (χ0) is 22.8. The first kappa shape index (κ1) is 22.2. The quantitative estimate of drug-likeness (QED) is 0.593. The van der Waals surface area contributed by atoms with E-state index in [2.05, 4.69) is 19.2 Å². The smallest absolute Gasteiger partial charge is 0.275 e. The van der Waals surface area contributed by atoms with Crippen LogP contribution in [-0.2, 0) is 6.54 Å². The van der Waals surface area contributed by atoms with E-state index in [4.69, 9.17) is 9.47 Å². The molecule has 32 heavy (non-hydrogen) atoms. The highest BCUT2D eigenvalue weighted by Crippen LogP contribution is 2.35. The number of hydrogen-bond acceptors (Lipinski definition) is 4. The number of nitrogens with one attached hydrogen (secondary N) is 1. The fraction of sp³-hybridized carbons (Fsp3) is 0.520. The van der Waals surface area contributed by atoms with Gasteiger partial charge in [0.15, 0.2) is 0 Å². The summed E-state index contributed by atoms with van der Waals surface area (Å²) in [7, 11) is 3.20. The van der Waals surface area contributed by atoms with E-state index in [0.29, 0.717) is 35.2 Å². The van der Waals surface area contributed by atoms with Crippen molar-refractivity contribution < 1.29 is 14.3 Å². The van der Waals surface area contributed by atoms with Crippen LogP contribution in [0.15, 0.2) is 29.2 Å².